The van der Waals surface area contributed by atoms with E-state index in [-0.39, 0.29) is 34.4 Å². The average Bonchev–Trinajstić information content (AvgIpc) is 3.15. The van der Waals surface area contributed by atoms with Crippen LogP contribution in [0.1, 0.15) is 37.9 Å². The molecule has 0 spiro atoms. The molecular formula is C22H24FN3O2S. The number of benzene rings is 2. The summed E-state index contributed by atoms with van der Waals surface area (Å²) in [5.41, 5.74) is 2.58. The van der Waals surface area contributed by atoms with Crippen molar-refractivity contribution in [2.75, 3.05) is 5.75 Å². The Bertz CT molecular complexity index is 957. The highest BCUT2D eigenvalue weighted by Gasteiger charge is 2.15. The van der Waals surface area contributed by atoms with Crippen molar-refractivity contribution in [1.82, 2.24) is 15.5 Å². The van der Waals surface area contributed by atoms with Crippen LogP contribution in [0.3, 0.4) is 0 Å². The molecule has 29 heavy (non-hydrogen) atoms. The zero-order chi connectivity index (χ0) is 20.8. The minimum atomic E-state index is -0.432. The molecule has 0 aliphatic carbocycles. The van der Waals surface area contributed by atoms with Crippen molar-refractivity contribution >= 4 is 17.7 Å². The highest BCUT2D eigenvalue weighted by Crippen LogP contribution is 2.25. The van der Waals surface area contributed by atoms with Gasteiger partial charge in [0, 0.05) is 0 Å². The van der Waals surface area contributed by atoms with E-state index in [0.29, 0.717) is 5.92 Å². The number of amides is 1. The molecule has 5 nitrogen and oxygen atoms in total. The molecule has 3 aromatic rings. The summed E-state index contributed by atoms with van der Waals surface area (Å²) in [6.07, 6.45) is 1.04. The molecule has 7 heteroatoms. The van der Waals surface area contributed by atoms with E-state index in [1.165, 1.54) is 11.6 Å². The van der Waals surface area contributed by atoms with Gasteiger partial charge in [-0.2, -0.15) is 0 Å². The summed E-state index contributed by atoms with van der Waals surface area (Å²) in [6.45, 7) is 6.33. The van der Waals surface area contributed by atoms with Gasteiger partial charge >= 0.3 is 0 Å². The number of nitrogens with one attached hydrogen (secondary N) is 1. The summed E-state index contributed by atoms with van der Waals surface area (Å²) in [6, 6.07) is 14.4. The van der Waals surface area contributed by atoms with Crippen molar-refractivity contribution in [2.45, 2.75) is 38.5 Å². The summed E-state index contributed by atoms with van der Waals surface area (Å²) in [7, 11) is 0. The van der Waals surface area contributed by atoms with Crippen molar-refractivity contribution in [2.24, 2.45) is 5.92 Å². The first-order valence-electron chi connectivity index (χ1n) is 9.51. The Hall–Kier alpha value is -2.67. The fraction of sp³-hybridized carbons (Fsp3) is 0.318. The molecule has 0 radical (unpaired) electrons. The predicted molar refractivity (Wildman–Crippen MR) is 112 cm³/mol. The number of halogens is 1. The Balaban J connectivity index is 1.51. The lowest BCUT2D eigenvalue weighted by atomic mass is 10.00. The lowest BCUT2D eigenvalue weighted by Crippen LogP contribution is -2.28. The van der Waals surface area contributed by atoms with Crippen molar-refractivity contribution in [3.8, 4) is 11.5 Å². The van der Waals surface area contributed by atoms with Crippen molar-refractivity contribution < 1.29 is 13.6 Å². The molecule has 2 aromatic carbocycles. The largest absolute Gasteiger partial charge is 0.411 e. The van der Waals surface area contributed by atoms with Crippen LogP contribution in [0, 0.1) is 11.7 Å². The summed E-state index contributed by atoms with van der Waals surface area (Å²) in [4.78, 5) is 12.3. The number of thioether (sulfide) groups is 1. The highest BCUT2D eigenvalue weighted by molar-refractivity contribution is 7.99. The van der Waals surface area contributed by atoms with E-state index in [1.54, 1.807) is 18.2 Å². The van der Waals surface area contributed by atoms with Gasteiger partial charge in [-0.05, 0) is 42.5 Å². The van der Waals surface area contributed by atoms with Crippen LogP contribution in [-0.2, 0) is 11.2 Å². The number of nitrogens with zero attached hydrogens (tertiary/aromatic N) is 2. The Morgan fingerprint density at radius 2 is 1.83 bits per heavy atom. The van der Waals surface area contributed by atoms with Gasteiger partial charge in [0.2, 0.25) is 5.91 Å². The lowest BCUT2D eigenvalue weighted by molar-refractivity contribution is -0.119. The molecule has 3 rings (SSSR count). The minimum Gasteiger partial charge on any atom is -0.411 e. The molecule has 1 aromatic heterocycles. The molecule has 0 bridgehead atoms. The Labute approximate surface area is 174 Å². The highest BCUT2D eigenvalue weighted by atomic mass is 32.2. The van der Waals surface area contributed by atoms with E-state index in [2.05, 4.69) is 53.6 Å². The summed E-state index contributed by atoms with van der Waals surface area (Å²) in [5.74, 6) is 0.270. The second-order valence-corrected chi connectivity index (χ2v) is 8.20. The van der Waals surface area contributed by atoms with Crippen LogP contribution in [0.4, 0.5) is 4.39 Å². The van der Waals surface area contributed by atoms with E-state index < -0.39 is 5.82 Å². The van der Waals surface area contributed by atoms with E-state index >= 15 is 0 Å². The van der Waals surface area contributed by atoms with Gasteiger partial charge in [-0.1, -0.05) is 62.0 Å². The second-order valence-electron chi connectivity index (χ2n) is 7.27. The number of aromatic nitrogens is 2. The molecule has 1 atom stereocenters. The fourth-order valence-electron chi connectivity index (χ4n) is 2.92. The van der Waals surface area contributed by atoms with Crippen molar-refractivity contribution in [3.63, 3.8) is 0 Å². The summed E-state index contributed by atoms with van der Waals surface area (Å²) >= 11 is 1.12. The van der Waals surface area contributed by atoms with E-state index in [0.717, 1.165) is 23.7 Å². The van der Waals surface area contributed by atoms with Crippen LogP contribution in [-0.4, -0.2) is 21.9 Å². The molecule has 0 saturated heterocycles. The number of rotatable bonds is 8. The normalized spacial score (nSPS) is 12.2. The summed E-state index contributed by atoms with van der Waals surface area (Å²) < 4.78 is 19.2. The van der Waals surface area contributed by atoms with Gasteiger partial charge in [-0.25, -0.2) is 4.39 Å². The zero-order valence-electron chi connectivity index (χ0n) is 16.7. The van der Waals surface area contributed by atoms with Crippen LogP contribution >= 0.6 is 11.8 Å². The third-order valence-electron chi connectivity index (χ3n) is 4.34. The fourth-order valence-corrected chi connectivity index (χ4v) is 3.49. The van der Waals surface area contributed by atoms with E-state index in [9.17, 15) is 9.18 Å². The van der Waals surface area contributed by atoms with Gasteiger partial charge in [0.05, 0.1) is 17.4 Å². The average molecular weight is 414 g/mol. The van der Waals surface area contributed by atoms with Crippen LogP contribution in [0.25, 0.3) is 11.5 Å². The van der Waals surface area contributed by atoms with Gasteiger partial charge in [-0.3, -0.25) is 4.79 Å². The first kappa shape index (κ1) is 21.0. The minimum absolute atomic E-state index is 0.0980. The Morgan fingerprint density at radius 3 is 2.52 bits per heavy atom. The number of hydrogen-bond donors (Lipinski definition) is 1. The standard InChI is InChI=1S/C22H24FN3O2S/c1-14(2)12-16-8-10-17(11-9-16)15(3)24-20(27)13-29-22-26-25-21(28-22)18-6-4-5-7-19(18)23/h4-11,14-15H,12-13H2,1-3H3,(H,24,27). The molecule has 0 saturated carbocycles. The van der Waals surface area contributed by atoms with Gasteiger partial charge in [0.15, 0.2) is 0 Å². The molecule has 1 amide bonds. The molecule has 0 aliphatic rings. The van der Waals surface area contributed by atoms with E-state index in [1.807, 2.05) is 6.92 Å². The van der Waals surface area contributed by atoms with Crippen LogP contribution in [0.5, 0.6) is 0 Å². The molecule has 0 aliphatic heterocycles. The maximum atomic E-state index is 13.8. The van der Waals surface area contributed by atoms with Gasteiger partial charge in [-0.15, -0.1) is 10.2 Å². The van der Waals surface area contributed by atoms with Crippen molar-refractivity contribution in [3.05, 3.63) is 65.5 Å². The Morgan fingerprint density at radius 1 is 1.10 bits per heavy atom. The molecular weight excluding hydrogens is 389 g/mol. The molecule has 1 N–H and O–H groups in total. The van der Waals surface area contributed by atoms with Crippen molar-refractivity contribution in [1.29, 1.82) is 0 Å². The van der Waals surface area contributed by atoms with Gasteiger partial charge in [0.1, 0.15) is 5.82 Å². The third kappa shape index (κ3) is 5.90. The first-order chi connectivity index (χ1) is 13.9. The monoisotopic (exact) mass is 413 g/mol. The molecule has 1 heterocycles. The maximum absolute atomic E-state index is 13.8. The molecule has 0 fully saturated rings. The van der Waals surface area contributed by atoms with Crippen LogP contribution in [0.15, 0.2) is 58.2 Å². The third-order valence-corrected chi connectivity index (χ3v) is 5.16. The topological polar surface area (TPSA) is 68.0 Å². The quantitative estimate of drug-likeness (QED) is 0.524. The lowest BCUT2D eigenvalue weighted by Gasteiger charge is -2.15. The SMILES string of the molecule is CC(C)Cc1ccc(C(C)NC(=O)CSc2nnc(-c3ccccc3F)o2)cc1. The van der Waals surface area contributed by atoms with E-state index in [4.69, 9.17) is 4.42 Å². The second kappa shape index (κ2) is 9.69. The van der Waals surface area contributed by atoms with Crippen LogP contribution in [0.2, 0.25) is 0 Å². The van der Waals surface area contributed by atoms with Gasteiger partial charge in [0.25, 0.3) is 11.1 Å². The number of carbonyl (C=O) groups is 1. The van der Waals surface area contributed by atoms with Crippen LogP contribution < -0.4 is 5.32 Å². The molecule has 152 valence electrons. The number of hydrogen-bond acceptors (Lipinski definition) is 5. The zero-order valence-corrected chi connectivity index (χ0v) is 17.5. The smallest absolute Gasteiger partial charge is 0.277 e. The Kier molecular flexibility index (Phi) is 7.04. The number of carbonyl (C=O) groups excluding carboxylic acids is 1. The predicted octanol–water partition coefficient (Wildman–Crippen LogP) is 5.04. The first-order valence-corrected chi connectivity index (χ1v) is 10.5. The molecule has 1 unspecified atom stereocenters. The van der Waals surface area contributed by atoms with Gasteiger partial charge < -0.3 is 9.73 Å². The maximum Gasteiger partial charge on any atom is 0.277 e. The summed E-state index contributed by atoms with van der Waals surface area (Å²) in [5, 5.41) is 10.9.